The van der Waals surface area contributed by atoms with Gasteiger partial charge in [-0.3, -0.25) is 14.8 Å². The third-order valence-corrected chi connectivity index (χ3v) is 6.00. The fourth-order valence-electron chi connectivity index (χ4n) is 4.15. The predicted molar refractivity (Wildman–Crippen MR) is 131 cm³/mol. The van der Waals surface area contributed by atoms with Crippen LogP contribution in [0.15, 0.2) is 97.6 Å². The molecule has 33 heavy (non-hydrogen) atoms. The molecule has 0 radical (unpaired) electrons. The second kappa shape index (κ2) is 9.25. The summed E-state index contributed by atoms with van der Waals surface area (Å²) in [7, 11) is 0. The molecule has 2 aromatic heterocycles. The van der Waals surface area contributed by atoms with E-state index in [2.05, 4.69) is 45.3 Å². The van der Waals surface area contributed by atoms with Gasteiger partial charge in [-0.05, 0) is 72.9 Å². The highest BCUT2D eigenvalue weighted by Crippen LogP contribution is 2.38. The van der Waals surface area contributed by atoms with E-state index in [0.717, 1.165) is 40.9 Å². The number of aromatic nitrogens is 2. The van der Waals surface area contributed by atoms with Gasteiger partial charge >= 0.3 is 0 Å². The molecule has 4 aromatic rings. The minimum Gasteiger partial charge on any atom is -0.349 e. The molecule has 0 aliphatic heterocycles. The maximum Gasteiger partial charge on any atom is 0.251 e. The van der Waals surface area contributed by atoms with Crippen LogP contribution in [0.5, 0.6) is 0 Å². The van der Waals surface area contributed by atoms with Crippen molar-refractivity contribution in [3.63, 3.8) is 0 Å². The minimum atomic E-state index is -0.0812. The second-order valence-electron chi connectivity index (χ2n) is 8.38. The molecule has 0 spiro atoms. The molecule has 5 rings (SSSR count). The number of pyridine rings is 2. The fourth-order valence-corrected chi connectivity index (χ4v) is 4.15. The first-order valence-corrected chi connectivity index (χ1v) is 11.3. The van der Waals surface area contributed by atoms with Crippen LogP contribution in [0.2, 0.25) is 0 Å². The van der Waals surface area contributed by atoms with Crippen molar-refractivity contribution >= 4 is 17.3 Å². The Morgan fingerprint density at radius 1 is 0.909 bits per heavy atom. The van der Waals surface area contributed by atoms with E-state index in [1.54, 1.807) is 12.4 Å². The summed E-state index contributed by atoms with van der Waals surface area (Å²) in [6, 6.07) is 24.5. The molecule has 1 unspecified atom stereocenters. The van der Waals surface area contributed by atoms with Gasteiger partial charge in [0.25, 0.3) is 5.91 Å². The summed E-state index contributed by atoms with van der Waals surface area (Å²) in [6.45, 7) is 2.16. The van der Waals surface area contributed by atoms with E-state index in [0.29, 0.717) is 11.6 Å². The van der Waals surface area contributed by atoms with Crippen LogP contribution in [0, 0.1) is 0 Å². The summed E-state index contributed by atoms with van der Waals surface area (Å²) in [6.07, 6.45) is 9.38. The molecule has 1 amide bonds. The van der Waals surface area contributed by atoms with Gasteiger partial charge in [0, 0.05) is 24.0 Å². The topological polar surface area (TPSA) is 58.1 Å². The zero-order valence-corrected chi connectivity index (χ0v) is 18.6. The summed E-state index contributed by atoms with van der Waals surface area (Å²) in [5, 5.41) is 3.12. The molecule has 1 atom stereocenters. The van der Waals surface area contributed by atoms with Gasteiger partial charge in [-0.1, -0.05) is 36.4 Å². The largest absolute Gasteiger partial charge is 0.349 e. The maximum atomic E-state index is 12.9. The SMILES string of the molecule is CC(c1cc(C(=O)NC2CC2)ccc1-c1ccccc1)N(c1cccnc1)c1cccnc1. The van der Waals surface area contributed by atoms with Gasteiger partial charge in [-0.2, -0.15) is 0 Å². The monoisotopic (exact) mass is 434 g/mol. The van der Waals surface area contributed by atoms with E-state index < -0.39 is 0 Å². The molecule has 5 nitrogen and oxygen atoms in total. The summed E-state index contributed by atoms with van der Waals surface area (Å²) >= 11 is 0. The molecule has 1 saturated carbocycles. The Labute approximate surface area is 194 Å². The number of anilines is 2. The van der Waals surface area contributed by atoms with Gasteiger partial charge in [-0.25, -0.2) is 0 Å². The Kier molecular flexibility index (Phi) is 5.85. The van der Waals surface area contributed by atoms with E-state index in [4.69, 9.17) is 0 Å². The lowest BCUT2D eigenvalue weighted by molar-refractivity contribution is 0.0951. The van der Waals surface area contributed by atoms with Crippen molar-refractivity contribution in [1.29, 1.82) is 0 Å². The average molecular weight is 435 g/mol. The van der Waals surface area contributed by atoms with E-state index in [-0.39, 0.29) is 11.9 Å². The van der Waals surface area contributed by atoms with Crippen molar-refractivity contribution in [1.82, 2.24) is 15.3 Å². The first kappa shape index (κ1) is 20.9. The number of carbonyl (C=O) groups excluding carboxylic acids is 1. The Morgan fingerprint density at radius 2 is 1.58 bits per heavy atom. The number of nitrogens with zero attached hydrogens (tertiary/aromatic N) is 3. The highest BCUT2D eigenvalue weighted by atomic mass is 16.1. The van der Waals surface area contributed by atoms with Gasteiger partial charge in [-0.15, -0.1) is 0 Å². The average Bonchev–Trinajstić information content (AvgIpc) is 3.69. The third kappa shape index (κ3) is 4.62. The number of nitrogens with one attached hydrogen (secondary N) is 1. The van der Waals surface area contributed by atoms with Crippen molar-refractivity contribution in [2.45, 2.75) is 31.8 Å². The smallest absolute Gasteiger partial charge is 0.251 e. The van der Waals surface area contributed by atoms with Crippen molar-refractivity contribution in [3.8, 4) is 11.1 Å². The third-order valence-electron chi connectivity index (χ3n) is 6.00. The summed E-state index contributed by atoms with van der Waals surface area (Å²) < 4.78 is 0. The van der Waals surface area contributed by atoms with E-state index in [1.165, 1.54) is 0 Å². The number of hydrogen-bond acceptors (Lipinski definition) is 4. The Bertz CT molecular complexity index is 1190. The molecule has 0 saturated heterocycles. The van der Waals surface area contributed by atoms with Crippen molar-refractivity contribution in [2.24, 2.45) is 0 Å². The van der Waals surface area contributed by atoms with Gasteiger partial charge in [0.05, 0.1) is 29.8 Å². The van der Waals surface area contributed by atoms with Crippen molar-refractivity contribution < 1.29 is 4.79 Å². The number of amides is 1. The molecule has 2 aromatic carbocycles. The molecular formula is C28H26N4O. The number of rotatable bonds is 7. The zero-order valence-electron chi connectivity index (χ0n) is 18.6. The second-order valence-corrected chi connectivity index (χ2v) is 8.38. The maximum absolute atomic E-state index is 12.9. The zero-order chi connectivity index (χ0) is 22.6. The lowest BCUT2D eigenvalue weighted by Gasteiger charge is -2.32. The highest BCUT2D eigenvalue weighted by molar-refractivity contribution is 5.95. The summed E-state index contributed by atoms with van der Waals surface area (Å²) in [5.74, 6) is -0.0140. The summed E-state index contributed by atoms with van der Waals surface area (Å²) in [5.41, 5.74) is 5.89. The van der Waals surface area contributed by atoms with Crippen LogP contribution in [0.4, 0.5) is 11.4 Å². The molecular weight excluding hydrogens is 408 g/mol. The van der Waals surface area contributed by atoms with Crippen LogP contribution < -0.4 is 10.2 Å². The lowest BCUT2D eigenvalue weighted by Crippen LogP contribution is -2.26. The standard InChI is InChI=1S/C28H26N4O/c1-20(32(24-9-5-15-29-18-24)25-10-6-16-30-19-25)27-17-22(28(33)31-23-12-13-23)11-14-26(27)21-7-3-2-4-8-21/h2-11,14-20,23H,12-13H2,1H3,(H,31,33). The fraction of sp³-hybridized carbons (Fsp3) is 0.179. The molecule has 2 heterocycles. The Morgan fingerprint density at radius 3 is 2.15 bits per heavy atom. The molecule has 1 aliphatic carbocycles. The van der Waals surface area contributed by atoms with Gasteiger partial charge in [0.2, 0.25) is 0 Å². The molecule has 0 bridgehead atoms. The lowest BCUT2D eigenvalue weighted by atomic mass is 9.92. The van der Waals surface area contributed by atoms with Crippen LogP contribution >= 0.6 is 0 Å². The minimum absolute atomic E-state index is 0.0140. The van der Waals surface area contributed by atoms with E-state index >= 15 is 0 Å². The van der Waals surface area contributed by atoms with E-state index in [9.17, 15) is 4.79 Å². The number of hydrogen-bond donors (Lipinski definition) is 1. The summed E-state index contributed by atoms with van der Waals surface area (Å²) in [4.78, 5) is 23.8. The van der Waals surface area contributed by atoms with Crippen LogP contribution in [0.3, 0.4) is 0 Å². The Hall–Kier alpha value is -3.99. The number of benzene rings is 2. The van der Waals surface area contributed by atoms with Crippen LogP contribution in [0.1, 0.15) is 41.7 Å². The first-order valence-electron chi connectivity index (χ1n) is 11.3. The highest BCUT2D eigenvalue weighted by Gasteiger charge is 2.26. The van der Waals surface area contributed by atoms with Crippen molar-refractivity contribution in [3.05, 3.63) is 109 Å². The van der Waals surface area contributed by atoms with Crippen LogP contribution in [-0.2, 0) is 0 Å². The quantitative estimate of drug-likeness (QED) is 0.391. The normalized spacial score (nSPS) is 13.8. The predicted octanol–water partition coefficient (Wildman–Crippen LogP) is 5.94. The van der Waals surface area contributed by atoms with Crippen molar-refractivity contribution in [2.75, 3.05) is 4.90 Å². The van der Waals surface area contributed by atoms with Gasteiger partial charge < -0.3 is 10.2 Å². The molecule has 164 valence electrons. The first-order chi connectivity index (χ1) is 16.2. The Balaban J connectivity index is 1.63. The van der Waals surface area contributed by atoms with Gasteiger partial charge in [0.15, 0.2) is 0 Å². The molecule has 1 aliphatic rings. The van der Waals surface area contributed by atoms with Crippen LogP contribution in [-0.4, -0.2) is 21.9 Å². The van der Waals surface area contributed by atoms with Crippen LogP contribution in [0.25, 0.3) is 11.1 Å². The molecule has 1 fully saturated rings. The molecule has 1 N–H and O–H groups in total. The van der Waals surface area contributed by atoms with Gasteiger partial charge in [0.1, 0.15) is 0 Å². The van der Waals surface area contributed by atoms with E-state index in [1.807, 2.05) is 67.0 Å². The number of carbonyl (C=O) groups is 1. The molecule has 5 heteroatoms.